The molecule has 1 aliphatic rings. The van der Waals surface area contributed by atoms with Crippen molar-refractivity contribution in [1.29, 1.82) is 0 Å². The van der Waals surface area contributed by atoms with Crippen molar-refractivity contribution in [3.8, 4) is 5.88 Å². The van der Waals surface area contributed by atoms with Crippen LogP contribution in [0.2, 0.25) is 5.28 Å². The lowest BCUT2D eigenvalue weighted by molar-refractivity contribution is 0.383. The third-order valence-corrected chi connectivity index (χ3v) is 3.93. The maximum absolute atomic E-state index is 11.5. The monoisotopic (exact) mass is 234 g/mol. The molecule has 5 nitrogen and oxygen atoms in total. The number of methoxy groups -OCH3 is 1. The normalized spacial score (nSPS) is 17.9. The van der Waals surface area contributed by atoms with Gasteiger partial charge in [-0.1, -0.05) is 0 Å². The summed E-state index contributed by atoms with van der Waals surface area (Å²) in [5.41, 5.74) is 0.446. The molecule has 14 heavy (non-hydrogen) atoms. The Bertz CT molecular complexity index is 486. The first-order valence-corrected chi connectivity index (χ1v) is 5.91. The molecule has 0 N–H and O–H groups in total. The first kappa shape index (κ1) is 9.67. The molecular weight excluding hydrogens is 228 g/mol. The number of sulfone groups is 1. The zero-order chi connectivity index (χ0) is 10.3. The summed E-state index contributed by atoms with van der Waals surface area (Å²) in [5, 5.41) is 0.0118. The molecule has 0 saturated heterocycles. The molecule has 0 fully saturated rings. The zero-order valence-corrected chi connectivity index (χ0v) is 8.89. The SMILES string of the molecule is COc1nc(Cl)nc2c1S(=O)(=O)CC2. The Balaban J connectivity index is 2.76. The van der Waals surface area contributed by atoms with Crippen molar-refractivity contribution >= 4 is 21.4 Å². The van der Waals surface area contributed by atoms with Crippen molar-refractivity contribution in [2.75, 3.05) is 12.9 Å². The molecule has 0 spiro atoms. The van der Waals surface area contributed by atoms with Gasteiger partial charge in [-0.2, -0.15) is 4.98 Å². The summed E-state index contributed by atoms with van der Waals surface area (Å²) >= 11 is 5.60. The van der Waals surface area contributed by atoms with Crippen LogP contribution in [0.5, 0.6) is 5.88 Å². The van der Waals surface area contributed by atoms with Crippen molar-refractivity contribution in [3.05, 3.63) is 11.0 Å². The van der Waals surface area contributed by atoms with Gasteiger partial charge in [0.05, 0.1) is 18.6 Å². The van der Waals surface area contributed by atoms with Crippen LogP contribution in [-0.2, 0) is 16.3 Å². The highest BCUT2D eigenvalue weighted by Gasteiger charge is 2.33. The molecule has 0 atom stereocenters. The van der Waals surface area contributed by atoms with Crippen LogP contribution in [0.15, 0.2) is 4.90 Å². The van der Waals surface area contributed by atoms with E-state index < -0.39 is 9.84 Å². The van der Waals surface area contributed by atoms with E-state index in [9.17, 15) is 8.42 Å². The quantitative estimate of drug-likeness (QED) is 0.661. The van der Waals surface area contributed by atoms with E-state index >= 15 is 0 Å². The number of hydrogen-bond donors (Lipinski definition) is 0. The first-order valence-electron chi connectivity index (χ1n) is 3.88. The fraction of sp³-hybridized carbons (Fsp3) is 0.429. The van der Waals surface area contributed by atoms with E-state index in [0.717, 1.165) is 0 Å². The third kappa shape index (κ3) is 1.34. The van der Waals surface area contributed by atoms with Gasteiger partial charge in [0.25, 0.3) is 0 Å². The fourth-order valence-electron chi connectivity index (χ4n) is 1.40. The summed E-state index contributed by atoms with van der Waals surface area (Å²) < 4.78 is 27.9. The van der Waals surface area contributed by atoms with Crippen LogP contribution in [0, 0.1) is 0 Å². The number of aryl methyl sites for hydroxylation is 1. The van der Waals surface area contributed by atoms with Crippen LogP contribution in [0.4, 0.5) is 0 Å². The standard InChI is InChI=1S/C7H7ClN2O3S/c1-13-6-5-4(9-7(8)10-6)2-3-14(5,11)12/h2-3H2,1H3. The number of aromatic nitrogens is 2. The second-order valence-corrected chi connectivity index (χ2v) is 5.23. The van der Waals surface area contributed by atoms with Crippen LogP contribution < -0.4 is 4.74 Å². The molecule has 7 heteroatoms. The van der Waals surface area contributed by atoms with E-state index in [1.807, 2.05) is 0 Å². The minimum atomic E-state index is -3.27. The molecular formula is C7H7ClN2O3S. The molecule has 1 aromatic heterocycles. The van der Waals surface area contributed by atoms with E-state index in [1.54, 1.807) is 0 Å². The number of halogens is 1. The lowest BCUT2D eigenvalue weighted by atomic mass is 10.3. The summed E-state index contributed by atoms with van der Waals surface area (Å²) in [7, 11) is -1.92. The highest BCUT2D eigenvalue weighted by molar-refractivity contribution is 7.91. The Morgan fingerprint density at radius 3 is 2.79 bits per heavy atom. The van der Waals surface area contributed by atoms with Crippen molar-refractivity contribution < 1.29 is 13.2 Å². The number of nitrogens with zero attached hydrogens (tertiary/aromatic N) is 2. The Kier molecular flexibility index (Phi) is 2.11. The molecule has 2 heterocycles. The number of rotatable bonds is 1. The first-order chi connectivity index (χ1) is 6.54. The van der Waals surface area contributed by atoms with Gasteiger partial charge in [-0.05, 0) is 11.6 Å². The molecule has 0 radical (unpaired) electrons. The van der Waals surface area contributed by atoms with Crippen molar-refractivity contribution in [2.24, 2.45) is 0 Å². The van der Waals surface area contributed by atoms with Crippen LogP contribution in [0.3, 0.4) is 0 Å². The van der Waals surface area contributed by atoms with Gasteiger partial charge in [0, 0.05) is 6.42 Å². The maximum Gasteiger partial charge on any atom is 0.237 e. The number of ether oxygens (including phenoxy) is 1. The van der Waals surface area contributed by atoms with Gasteiger partial charge in [0.15, 0.2) is 14.7 Å². The lowest BCUT2D eigenvalue weighted by Crippen LogP contribution is -2.03. The Morgan fingerprint density at radius 1 is 1.43 bits per heavy atom. The third-order valence-electron chi connectivity index (χ3n) is 1.99. The summed E-state index contributed by atoms with van der Waals surface area (Å²) in [6.45, 7) is 0. The number of hydrogen-bond acceptors (Lipinski definition) is 5. The van der Waals surface area contributed by atoms with Crippen LogP contribution >= 0.6 is 11.6 Å². The van der Waals surface area contributed by atoms with Gasteiger partial charge >= 0.3 is 0 Å². The molecule has 2 rings (SSSR count). The van der Waals surface area contributed by atoms with Gasteiger partial charge in [0.1, 0.15) is 0 Å². The van der Waals surface area contributed by atoms with Gasteiger partial charge in [-0.25, -0.2) is 13.4 Å². The summed E-state index contributed by atoms with van der Waals surface area (Å²) in [4.78, 5) is 7.65. The van der Waals surface area contributed by atoms with E-state index in [-0.39, 0.29) is 21.8 Å². The Hall–Kier alpha value is -0.880. The number of fused-ring (bicyclic) bond motifs is 1. The molecule has 0 aliphatic carbocycles. The fourth-order valence-corrected chi connectivity index (χ4v) is 3.15. The van der Waals surface area contributed by atoms with Gasteiger partial charge < -0.3 is 4.74 Å². The van der Waals surface area contributed by atoms with Crippen LogP contribution in [0.1, 0.15) is 5.69 Å². The highest BCUT2D eigenvalue weighted by atomic mass is 35.5. The zero-order valence-electron chi connectivity index (χ0n) is 7.32. The largest absolute Gasteiger partial charge is 0.480 e. The van der Waals surface area contributed by atoms with E-state index in [1.165, 1.54) is 7.11 Å². The topological polar surface area (TPSA) is 69.2 Å². The molecule has 1 aromatic rings. The minimum absolute atomic E-state index is 0.0118. The van der Waals surface area contributed by atoms with Crippen molar-refractivity contribution in [1.82, 2.24) is 9.97 Å². The lowest BCUT2D eigenvalue weighted by Gasteiger charge is -2.04. The molecule has 0 aromatic carbocycles. The Morgan fingerprint density at radius 2 is 2.14 bits per heavy atom. The predicted molar refractivity (Wildman–Crippen MR) is 49.4 cm³/mol. The van der Waals surface area contributed by atoms with Gasteiger partial charge in [-0.15, -0.1) is 0 Å². The second kappa shape index (κ2) is 3.06. The van der Waals surface area contributed by atoms with E-state index in [2.05, 4.69) is 9.97 Å². The second-order valence-electron chi connectivity index (χ2n) is 2.85. The smallest absolute Gasteiger partial charge is 0.237 e. The van der Waals surface area contributed by atoms with Crippen LogP contribution in [-0.4, -0.2) is 31.2 Å². The summed E-state index contributed by atoms with van der Waals surface area (Å²) in [6.07, 6.45) is 0.371. The molecule has 0 bridgehead atoms. The highest BCUT2D eigenvalue weighted by Crippen LogP contribution is 2.32. The molecule has 1 aliphatic heterocycles. The summed E-state index contributed by atoms with van der Waals surface area (Å²) in [6, 6.07) is 0. The molecule has 0 saturated carbocycles. The predicted octanol–water partition coefficient (Wildman–Crippen LogP) is 0.468. The minimum Gasteiger partial charge on any atom is -0.480 e. The molecule has 0 unspecified atom stereocenters. The van der Waals surface area contributed by atoms with E-state index in [4.69, 9.17) is 16.3 Å². The molecule has 0 amide bonds. The van der Waals surface area contributed by atoms with Crippen molar-refractivity contribution in [2.45, 2.75) is 11.3 Å². The molecule has 76 valence electrons. The maximum atomic E-state index is 11.5. The van der Waals surface area contributed by atoms with Gasteiger partial charge in [-0.3, -0.25) is 0 Å². The Labute approximate surface area is 86.0 Å². The average molecular weight is 235 g/mol. The van der Waals surface area contributed by atoms with Gasteiger partial charge in [0.2, 0.25) is 11.2 Å². The van der Waals surface area contributed by atoms with Crippen molar-refractivity contribution in [3.63, 3.8) is 0 Å². The summed E-state index contributed by atoms with van der Waals surface area (Å²) in [5.74, 6) is 0.0887. The van der Waals surface area contributed by atoms with E-state index in [0.29, 0.717) is 12.1 Å². The van der Waals surface area contributed by atoms with Crippen LogP contribution in [0.25, 0.3) is 0 Å². The average Bonchev–Trinajstić information content (AvgIpc) is 2.41.